The fourth-order valence-corrected chi connectivity index (χ4v) is 0.630. The summed E-state index contributed by atoms with van der Waals surface area (Å²) in [5, 5.41) is 2.71. The van der Waals surface area contributed by atoms with Crippen molar-refractivity contribution < 1.29 is 9.59 Å². The Labute approximate surface area is 108 Å². The number of carbonyl (C=O) groups is 2. The highest BCUT2D eigenvalue weighted by molar-refractivity contribution is 5.75. The third kappa shape index (κ3) is 51.3. The lowest BCUT2D eigenvalue weighted by Crippen LogP contribution is -2.21. The number of nitrogens with one attached hydrogen (secondary N) is 1. The molecule has 106 valence electrons. The van der Waals surface area contributed by atoms with E-state index in [9.17, 15) is 9.59 Å². The van der Waals surface area contributed by atoms with Gasteiger partial charge in [0, 0.05) is 19.4 Å². The third-order valence-corrected chi connectivity index (χ3v) is 1.26. The van der Waals surface area contributed by atoms with E-state index in [1.54, 1.807) is 0 Å². The second kappa shape index (κ2) is 36.2. The molecule has 0 spiro atoms. The minimum atomic E-state index is 0.162. The Balaban J connectivity index is -0.0000000809. The van der Waals surface area contributed by atoms with Gasteiger partial charge < -0.3 is 10.1 Å². The SMILES string of the molecule is CC.CC.CCCC(=O)NCC.CCCC=O. The predicted octanol–water partition coefficient (Wildman–Crippen LogP) is 3.96. The van der Waals surface area contributed by atoms with Gasteiger partial charge in [-0.3, -0.25) is 4.79 Å². The molecule has 3 nitrogen and oxygen atoms in total. The standard InChI is InChI=1S/C6H13NO.C4H8O.2C2H6/c1-3-5-6(8)7-4-2;1-2-3-4-5;2*1-2/h3-5H2,1-2H3,(H,7,8);4H,2-3H2,1H3;2*1-2H3. The van der Waals surface area contributed by atoms with Crippen molar-refractivity contribution in [2.45, 2.75) is 74.1 Å². The molecule has 0 aromatic rings. The molecule has 0 heterocycles. The van der Waals surface area contributed by atoms with Crippen LogP contribution in [-0.4, -0.2) is 18.7 Å². The molecule has 1 amide bonds. The highest BCUT2D eigenvalue weighted by Gasteiger charge is 1.92. The zero-order chi connectivity index (χ0) is 14.5. The van der Waals surface area contributed by atoms with Crippen LogP contribution in [0.5, 0.6) is 0 Å². The van der Waals surface area contributed by atoms with E-state index in [-0.39, 0.29) is 5.91 Å². The number of unbranched alkanes of at least 4 members (excludes halogenated alkanes) is 1. The normalized spacial score (nSPS) is 7.00. The van der Waals surface area contributed by atoms with E-state index in [0.29, 0.717) is 12.8 Å². The molecule has 0 aromatic carbocycles. The van der Waals surface area contributed by atoms with Gasteiger partial charge >= 0.3 is 0 Å². The smallest absolute Gasteiger partial charge is 0.219 e. The van der Waals surface area contributed by atoms with Crippen molar-refractivity contribution >= 4 is 12.2 Å². The van der Waals surface area contributed by atoms with Crippen LogP contribution < -0.4 is 5.32 Å². The molecule has 0 bridgehead atoms. The van der Waals surface area contributed by atoms with Gasteiger partial charge in [0.15, 0.2) is 0 Å². The fraction of sp³-hybridized carbons (Fsp3) is 0.857. The van der Waals surface area contributed by atoms with Crippen molar-refractivity contribution in [3.05, 3.63) is 0 Å². The Morgan fingerprint density at radius 2 is 1.47 bits per heavy atom. The number of rotatable bonds is 5. The van der Waals surface area contributed by atoms with Crippen LogP contribution in [0.25, 0.3) is 0 Å². The second-order valence-electron chi connectivity index (χ2n) is 2.66. The summed E-state index contributed by atoms with van der Waals surface area (Å²) in [6.45, 7) is 14.6. The zero-order valence-corrected chi connectivity index (χ0v) is 12.9. The quantitative estimate of drug-likeness (QED) is 0.747. The Bertz CT molecular complexity index is 117. The average Bonchev–Trinajstić information content (AvgIpc) is 2.37. The van der Waals surface area contributed by atoms with E-state index in [1.807, 2.05) is 48.5 Å². The van der Waals surface area contributed by atoms with Crippen molar-refractivity contribution in [3.8, 4) is 0 Å². The van der Waals surface area contributed by atoms with Gasteiger partial charge in [0.1, 0.15) is 6.29 Å². The van der Waals surface area contributed by atoms with Crippen LogP contribution in [0.1, 0.15) is 74.1 Å². The Morgan fingerprint density at radius 1 is 1.00 bits per heavy atom. The number of hydrogen-bond acceptors (Lipinski definition) is 2. The van der Waals surface area contributed by atoms with Crippen molar-refractivity contribution in [1.29, 1.82) is 0 Å². The molecule has 0 fully saturated rings. The van der Waals surface area contributed by atoms with Crippen molar-refractivity contribution in [2.24, 2.45) is 0 Å². The van der Waals surface area contributed by atoms with E-state index in [4.69, 9.17) is 0 Å². The van der Waals surface area contributed by atoms with Gasteiger partial charge in [0.05, 0.1) is 0 Å². The predicted molar refractivity (Wildman–Crippen MR) is 77.3 cm³/mol. The Kier molecular flexibility index (Phi) is 53.5. The topological polar surface area (TPSA) is 46.2 Å². The molecule has 0 radical (unpaired) electrons. The first kappa shape index (κ1) is 25.1. The van der Waals surface area contributed by atoms with Gasteiger partial charge in [-0.25, -0.2) is 0 Å². The molecule has 0 saturated carbocycles. The lowest BCUT2D eigenvalue weighted by molar-refractivity contribution is -0.121. The third-order valence-electron chi connectivity index (χ3n) is 1.26. The molecule has 17 heavy (non-hydrogen) atoms. The molecular weight excluding hydrogens is 214 g/mol. The first-order chi connectivity index (χ1) is 8.22. The largest absolute Gasteiger partial charge is 0.356 e. The first-order valence-electron chi connectivity index (χ1n) is 6.93. The lowest BCUT2D eigenvalue weighted by atomic mass is 10.3. The summed E-state index contributed by atoms with van der Waals surface area (Å²) in [6, 6.07) is 0. The highest BCUT2D eigenvalue weighted by atomic mass is 16.1. The monoisotopic (exact) mass is 247 g/mol. The van der Waals surface area contributed by atoms with Crippen LogP contribution in [0.2, 0.25) is 0 Å². The second-order valence-corrected chi connectivity index (χ2v) is 2.66. The van der Waals surface area contributed by atoms with Gasteiger partial charge in [0.2, 0.25) is 5.91 Å². The summed E-state index contributed by atoms with van der Waals surface area (Å²) in [6.07, 6.45) is 4.21. The van der Waals surface area contributed by atoms with Crippen molar-refractivity contribution in [1.82, 2.24) is 5.32 Å². The zero-order valence-electron chi connectivity index (χ0n) is 12.9. The molecule has 0 aromatic heterocycles. The summed E-state index contributed by atoms with van der Waals surface area (Å²) in [4.78, 5) is 19.9. The summed E-state index contributed by atoms with van der Waals surface area (Å²) >= 11 is 0. The first-order valence-corrected chi connectivity index (χ1v) is 6.93. The van der Waals surface area contributed by atoms with Crippen LogP contribution >= 0.6 is 0 Å². The minimum absolute atomic E-state index is 0.162. The number of carbonyl (C=O) groups excluding carboxylic acids is 2. The summed E-state index contributed by atoms with van der Waals surface area (Å²) in [7, 11) is 0. The highest BCUT2D eigenvalue weighted by Crippen LogP contribution is 1.83. The molecule has 3 heteroatoms. The van der Waals surface area contributed by atoms with Gasteiger partial charge in [-0.05, 0) is 19.8 Å². The molecule has 0 aliphatic heterocycles. The van der Waals surface area contributed by atoms with Crippen LogP contribution in [0, 0.1) is 0 Å². The number of aldehydes is 1. The summed E-state index contributed by atoms with van der Waals surface area (Å²) in [5.74, 6) is 0.162. The maximum atomic E-state index is 10.5. The van der Waals surface area contributed by atoms with E-state index >= 15 is 0 Å². The van der Waals surface area contributed by atoms with Crippen molar-refractivity contribution in [2.75, 3.05) is 6.54 Å². The molecule has 0 rings (SSSR count). The molecule has 0 saturated heterocycles. The van der Waals surface area contributed by atoms with Crippen molar-refractivity contribution in [3.63, 3.8) is 0 Å². The molecule has 1 N–H and O–H groups in total. The van der Waals surface area contributed by atoms with Gasteiger partial charge in [0.25, 0.3) is 0 Å². The molecular formula is C14H33NO2. The van der Waals surface area contributed by atoms with Gasteiger partial charge in [-0.1, -0.05) is 41.5 Å². The minimum Gasteiger partial charge on any atom is -0.356 e. The maximum Gasteiger partial charge on any atom is 0.219 e. The lowest BCUT2D eigenvalue weighted by Gasteiger charge is -1.96. The molecule has 0 aliphatic carbocycles. The maximum absolute atomic E-state index is 10.5. The molecule has 0 aliphatic rings. The molecule has 0 atom stereocenters. The molecule has 0 unspecified atom stereocenters. The number of hydrogen-bond donors (Lipinski definition) is 1. The van der Waals surface area contributed by atoms with E-state index in [1.165, 1.54) is 0 Å². The fourth-order valence-electron chi connectivity index (χ4n) is 0.630. The van der Waals surface area contributed by atoms with Crippen LogP contribution in [-0.2, 0) is 9.59 Å². The number of amides is 1. The Hall–Kier alpha value is -0.860. The Morgan fingerprint density at radius 3 is 1.65 bits per heavy atom. The average molecular weight is 247 g/mol. The van der Waals surface area contributed by atoms with Crippen LogP contribution in [0.4, 0.5) is 0 Å². The van der Waals surface area contributed by atoms with Gasteiger partial charge in [-0.2, -0.15) is 0 Å². The van der Waals surface area contributed by atoms with Gasteiger partial charge in [-0.15, -0.1) is 0 Å². The van der Waals surface area contributed by atoms with E-state index in [0.717, 1.165) is 25.7 Å². The summed E-state index contributed by atoms with van der Waals surface area (Å²) in [5.41, 5.74) is 0. The van der Waals surface area contributed by atoms with E-state index < -0.39 is 0 Å². The van der Waals surface area contributed by atoms with Crippen LogP contribution in [0.15, 0.2) is 0 Å². The van der Waals surface area contributed by atoms with E-state index in [2.05, 4.69) is 5.32 Å². The van der Waals surface area contributed by atoms with Crippen LogP contribution in [0.3, 0.4) is 0 Å². The summed E-state index contributed by atoms with van der Waals surface area (Å²) < 4.78 is 0.